The predicted molar refractivity (Wildman–Crippen MR) is 81.4 cm³/mol. The van der Waals surface area contributed by atoms with Gasteiger partial charge in [0.1, 0.15) is 0 Å². The molecular formula is C14H20Cl2N2O. The number of carbonyl (C=O) groups is 1. The maximum Gasteiger partial charge on any atom is 0.251 e. The molecule has 1 aromatic carbocycles. The van der Waals surface area contributed by atoms with Gasteiger partial charge in [0.2, 0.25) is 0 Å². The van der Waals surface area contributed by atoms with Crippen LogP contribution in [0.1, 0.15) is 28.8 Å². The molecule has 5 heteroatoms. The summed E-state index contributed by atoms with van der Waals surface area (Å²) < 4.78 is 0. The summed E-state index contributed by atoms with van der Waals surface area (Å²) in [5.41, 5.74) is 1.63. The van der Waals surface area contributed by atoms with Crippen LogP contribution < -0.4 is 10.6 Å². The molecule has 1 saturated heterocycles. The van der Waals surface area contributed by atoms with Crippen molar-refractivity contribution < 1.29 is 4.79 Å². The van der Waals surface area contributed by atoms with Crippen LogP contribution in [0.5, 0.6) is 0 Å². The average molecular weight is 303 g/mol. The lowest BCUT2D eigenvalue weighted by Crippen LogP contribution is -2.27. The van der Waals surface area contributed by atoms with Crippen molar-refractivity contribution in [3.05, 3.63) is 34.3 Å². The van der Waals surface area contributed by atoms with Crippen LogP contribution in [0.4, 0.5) is 0 Å². The molecule has 0 radical (unpaired) electrons. The van der Waals surface area contributed by atoms with Gasteiger partial charge in [0.05, 0.1) is 0 Å². The number of amides is 1. The summed E-state index contributed by atoms with van der Waals surface area (Å²) in [7, 11) is 0. The van der Waals surface area contributed by atoms with Crippen LogP contribution in [0.2, 0.25) is 5.02 Å². The van der Waals surface area contributed by atoms with Gasteiger partial charge in [0, 0.05) is 17.1 Å². The Kier molecular flexibility index (Phi) is 6.63. The number of nitrogens with one attached hydrogen (secondary N) is 2. The number of halogens is 2. The van der Waals surface area contributed by atoms with Gasteiger partial charge < -0.3 is 10.6 Å². The zero-order valence-electron chi connectivity index (χ0n) is 11.0. The molecule has 2 N–H and O–H groups in total. The topological polar surface area (TPSA) is 41.1 Å². The van der Waals surface area contributed by atoms with E-state index in [0.29, 0.717) is 16.5 Å². The van der Waals surface area contributed by atoms with E-state index in [9.17, 15) is 4.79 Å². The van der Waals surface area contributed by atoms with Crippen LogP contribution in [0.15, 0.2) is 18.2 Å². The van der Waals surface area contributed by atoms with Crippen molar-refractivity contribution in [1.29, 1.82) is 0 Å². The highest BCUT2D eigenvalue weighted by atomic mass is 35.5. The van der Waals surface area contributed by atoms with Gasteiger partial charge in [-0.2, -0.15) is 0 Å². The van der Waals surface area contributed by atoms with Crippen molar-refractivity contribution in [1.82, 2.24) is 10.6 Å². The third-order valence-corrected chi connectivity index (χ3v) is 3.67. The minimum absolute atomic E-state index is 0. The van der Waals surface area contributed by atoms with E-state index < -0.39 is 0 Å². The third-order valence-electron chi connectivity index (χ3n) is 3.43. The lowest BCUT2D eigenvalue weighted by Gasteiger charge is -2.10. The molecule has 0 aromatic heterocycles. The van der Waals surface area contributed by atoms with Gasteiger partial charge in [0.15, 0.2) is 0 Å². The Hall–Kier alpha value is -0.770. The van der Waals surface area contributed by atoms with E-state index in [1.165, 1.54) is 6.42 Å². The molecule has 1 atom stereocenters. The minimum atomic E-state index is -0.00452. The van der Waals surface area contributed by atoms with Crippen molar-refractivity contribution >= 4 is 29.9 Å². The van der Waals surface area contributed by atoms with Crippen molar-refractivity contribution in [2.24, 2.45) is 5.92 Å². The minimum Gasteiger partial charge on any atom is -0.352 e. The van der Waals surface area contributed by atoms with Gasteiger partial charge in [-0.15, -0.1) is 12.4 Å². The molecule has 19 heavy (non-hydrogen) atoms. The zero-order chi connectivity index (χ0) is 13.0. The van der Waals surface area contributed by atoms with Crippen molar-refractivity contribution in [2.75, 3.05) is 19.6 Å². The van der Waals surface area contributed by atoms with E-state index >= 15 is 0 Å². The predicted octanol–water partition coefficient (Wildman–Crippen LogP) is 2.80. The zero-order valence-corrected chi connectivity index (χ0v) is 12.6. The molecule has 1 amide bonds. The Bertz CT molecular complexity index is 431. The second-order valence-corrected chi connectivity index (χ2v) is 5.30. The third kappa shape index (κ3) is 4.68. The van der Waals surface area contributed by atoms with Crippen molar-refractivity contribution in [3.8, 4) is 0 Å². The van der Waals surface area contributed by atoms with Crippen LogP contribution in [-0.2, 0) is 0 Å². The van der Waals surface area contributed by atoms with E-state index in [2.05, 4.69) is 10.6 Å². The number of hydrogen-bond donors (Lipinski definition) is 2. The highest BCUT2D eigenvalue weighted by Gasteiger charge is 2.15. The Morgan fingerprint density at radius 3 is 2.95 bits per heavy atom. The van der Waals surface area contributed by atoms with E-state index in [-0.39, 0.29) is 18.3 Å². The lowest BCUT2D eigenvalue weighted by atomic mass is 10.0. The van der Waals surface area contributed by atoms with Crippen LogP contribution in [0, 0.1) is 12.8 Å². The molecule has 1 aliphatic rings. The Labute approximate surface area is 125 Å². The van der Waals surface area contributed by atoms with Crippen molar-refractivity contribution in [2.45, 2.75) is 19.8 Å². The van der Waals surface area contributed by atoms with E-state index in [4.69, 9.17) is 11.6 Å². The number of aryl methyl sites for hydroxylation is 1. The van der Waals surface area contributed by atoms with E-state index in [0.717, 1.165) is 31.6 Å². The Morgan fingerprint density at radius 1 is 1.53 bits per heavy atom. The van der Waals surface area contributed by atoms with Crippen LogP contribution in [-0.4, -0.2) is 25.5 Å². The van der Waals surface area contributed by atoms with Gasteiger partial charge in [0.25, 0.3) is 5.91 Å². The summed E-state index contributed by atoms with van der Waals surface area (Å²) in [4.78, 5) is 12.0. The maximum atomic E-state index is 12.0. The first-order valence-corrected chi connectivity index (χ1v) is 6.79. The number of benzene rings is 1. The van der Waals surface area contributed by atoms with Gasteiger partial charge in [-0.05, 0) is 62.5 Å². The first-order valence-electron chi connectivity index (χ1n) is 6.42. The number of rotatable bonds is 4. The SMILES string of the molecule is Cc1cc(Cl)ccc1C(=O)NCCC1CCNC1.Cl. The summed E-state index contributed by atoms with van der Waals surface area (Å²) >= 11 is 5.87. The summed E-state index contributed by atoms with van der Waals surface area (Å²) in [6.07, 6.45) is 2.27. The quantitative estimate of drug-likeness (QED) is 0.898. The molecule has 1 heterocycles. The normalized spacial score (nSPS) is 17.9. The average Bonchev–Trinajstić information content (AvgIpc) is 2.81. The first kappa shape index (κ1) is 16.3. The van der Waals surface area contributed by atoms with Crippen molar-refractivity contribution in [3.63, 3.8) is 0 Å². The summed E-state index contributed by atoms with van der Waals surface area (Å²) in [6.45, 7) is 4.83. The highest BCUT2D eigenvalue weighted by molar-refractivity contribution is 6.30. The fraction of sp³-hybridized carbons (Fsp3) is 0.500. The molecule has 1 aromatic rings. The molecule has 0 spiro atoms. The molecule has 1 unspecified atom stereocenters. The van der Waals surface area contributed by atoms with Gasteiger partial charge in [-0.3, -0.25) is 4.79 Å². The summed E-state index contributed by atoms with van der Waals surface area (Å²) in [5.74, 6) is 0.701. The summed E-state index contributed by atoms with van der Waals surface area (Å²) in [5, 5.41) is 6.97. The Balaban J connectivity index is 0.00000180. The second kappa shape index (κ2) is 7.73. The molecule has 0 aliphatic carbocycles. The number of hydrogen-bond acceptors (Lipinski definition) is 2. The fourth-order valence-electron chi connectivity index (χ4n) is 2.33. The highest BCUT2D eigenvalue weighted by Crippen LogP contribution is 2.15. The lowest BCUT2D eigenvalue weighted by molar-refractivity contribution is 0.0951. The van der Waals surface area contributed by atoms with Crippen LogP contribution in [0.25, 0.3) is 0 Å². The number of carbonyl (C=O) groups excluding carboxylic acids is 1. The first-order chi connectivity index (χ1) is 8.66. The van der Waals surface area contributed by atoms with Gasteiger partial charge in [-0.25, -0.2) is 0 Å². The molecule has 1 aliphatic heterocycles. The molecular weight excluding hydrogens is 283 g/mol. The smallest absolute Gasteiger partial charge is 0.251 e. The molecule has 3 nitrogen and oxygen atoms in total. The largest absolute Gasteiger partial charge is 0.352 e. The second-order valence-electron chi connectivity index (χ2n) is 4.86. The van der Waals surface area contributed by atoms with E-state index in [1.54, 1.807) is 12.1 Å². The van der Waals surface area contributed by atoms with Crippen LogP contribution in [0.3, 0.4) is 0 Å². The van der Waals surface area contributed by atoms with Gasteiger partial charge in [-0.1, -0.05) is 11.6 Å². The monoisotopic (exact) mass is 302 g/mol. The fourth-order valence-corrected chi connectivity index (χ4v) is 2.55. The summed E-state index contributed by atoms with van der Waals surface area (Å²) in [6, 6.07) is 5.35. The molecule has 1 fully saturated rings. The van der Waals surface area contributed by atoms with Gasteiger partial charge >= 0.3 is 0 Å². The molecule has 106 valence electrons. The van der Waals surface area contributed by atoms with Crippen LogP contribution >= 0.6 is 24.0 Å². The molecule has 0 bridgehead atoms. The standard InChI is InChI=1S/C14H19ClN2O.ClH/c1-10-8-12(15)2-3-13(10)14(18)17-7-5-11-4-6-16-9-11;/h2-3,8,11,16H,4-7,9H2,1H3,(H,17,18);1H. The molecule has 0 saturated carbocycles. The van der Waals surface area contributed by atoms with E-state index in [1.807, 2.05) is 13.0 Å². The Morgan fingerprint density at radius 2 is 2.32 bits per heavy atom. The maximum absolute atomic E-state index is 12.0. The molecule has 2 rings (SSSR count).